The zero-order valence-electron chi connectivity index (χ0n) is 9.09. The summed E-state index contributed by atoms with van der Waals surface area (Å²) in [5.74, 6) is 0.672. The van der Waals surface area contributed by atoms with E-state index in [1.165, 1.54) is 12.3 Å². The van der Waals surface area contributed by atoms with Gasteiger partial charge < -0.3 is 9.73 Å². The molecule has 6 heteroatoms. The topological polar surface area (TPSA) is 25.2 Å². The maximum Gasteiger partial charge on any atom is 0.416 e. The Balaban J connectivity index is 2.10. The number of nitrogens with one attached hydrogen (secondary N) is 1. The molecular weight excluding hydrogens is 267 g/mol. The lowest BCUT2D eigenvalue weighted by Gasteiger charge is -2.11. The van der Waals surface area contributed by atoms with Crippen LogP contribution < -0.4 is 5.32 Å². The van der Waals surface area contributed by atoms with Crippen molar-refractivity contribution in [2.45, 2.75) is 12.7 Å². The minimum absolute atomic E-state index is 0.0244. The Labute approximate surface area is 106 Å². The van der Waals surface area contributed by atoms with E-state index in [9.17, 15) is 13.2 Å². The second-order valence-electron chi connectivity index (χ2n) is 3.63. The van der Waals surface area contributed by atoms with Gasteiger partial charge in [-0.1, -0.05) is 11.6 Å². The molecule has 0 radical (unpaired) electrons. The van der Waals surface area contributed by atoms with Crippen molar-refractivity contribution in [3.05, 3.63) is 52.9 Å². The molecule has 0 fully saturated rings. The molecule has 96 valence electrons. The van der Waals surface area contributed by atoms with Gasteiger partial charge in [0.25, 0.3) is 0 Å². The molecule has 0 aliphatic heterocycles. The average Bonchev–Trinajstić information content (AvgIpc) is 2.79. The summed E-state index contributed by atoms with van der Waals surface area (Å²) in [4.78, 5) is 0. The molecule has 1 aromatic carbocycles. The van der Waals surface area contributed by atoms with Gasteiger partial charge in [0.2, 0.25) is 0 Å². The number of hydrogen-bond donors (Lipinski definition) is 1. The normalized spacial score (nSPS) is 11.6. The second kappa shape index (κ2) is 4.94. The van der Waals surface area contributed by atoms with E-state index in [0.717, 1.165) is 12.1 Å². The maximum absolute atomic E-state index is 12.4. The van der Waals surface area contributed by atoms with Crippen LogP contribution in [0.3, 0.4) is 0 Å². The van der Waals surface area contributed by atoms with Crippen molar-refractivity contribution in [1.29, 1.82) is 0 Å². The third-order valence-corrected chi connectivity index (χ3v) is 2.64. The number of anilines is 1. The Kier molecular flexibility index (Phi) is 3.52. The second-order valence-corrected chi connectivity index (χ2v) is 4.03. The highest BCUT2D eigenvalue weighted by molar-refractivity contribution is 6.33. The molecule has 2 nitrogen and oxygen atoms in total. The van der Waals surface area contributed by atoms with Crippen molar-refractivity contribution in [2.75, 3.05) is 5.32 Å². The van der Waals surface area contributed by atoms with Crippen LogP contribution in [0.2, 0.25) is 5.02 Å². The zero-order chi connectivity index (χ0) is 13.2. The Morgan fingerprint density at radius 1 is 1.22 bits per heavy atom. The van der Waals surface area contributed by atoms with Crippen molar-refractivity contribution in [3.63, 3.8) is 0 Å². The Hall–Kier alpha value is -1.62. The van der Waals surface area contributed by atoms with E-state index in [0.29, 0.717) is 18.0 Å². The van der Waals surface area contributed by atoms with Gasteiger partial charge >= 0.3 is 6.18 Å². The average molecular weight is 276 g/mol. The first-order chi connectivity index (χ1) is 8.47. The number of hydrogen-bond acceptors (Lipinski definition) is 2. The van der Waals surface area contributed by atoms with Gasteiger partial charge in [0.05, 0.1) is 29.1 Å². The van der Waals surface area contributed by atoms with Crippen LogP contribution >= 0.6 is 11.6 Å². The molecular formula is C12H9ClF3NO. The predicted molar refractivity (Wildman–Crippen MR) is 62.5 cm³/mol. The standard InChI is InChI=1S/C12H9ClF3NO/c13-10-6-8(12(14,15)16)3-4-11(10)17-7-9-2-1-5-18-9/h1-6,17H,7H2. The highest BCUT2D eigenvalue weighted by atomic mass is 35.5. The van der Waals surface area contributed by atoms with Crippen LogP contribution in [-0.2, 0) is 12.7 Å². The van der Waals surface area contributed by atoms with Crippen molar-refractivity contribution in [3.8, 4) is 0 Å². The molecule has 0 unspecified atom stereocenters. The fraction of sp³-hybridized carbons (Fsp3) is 0.167. The smallest absolute Gasteiger partial charge is 0.416 e. The number of benzene rings is 1. The van der Waals surface area contributed by atoms with Gasteiger partial charge in [-0.15, -0.1) is 0 Å². The lowest BCUT2D eigenvalue weighted by molar-refractivity contribution is -0.137. The summed E-state index contributed by atoms with van der Waals surface area (Å²) in [6, 6.07) is 6.66. The summed E-state index contributed by atoms with van der Waals surface area (Å²) in [5, 5.41) is 2.93. The zero-order valence-corrected chi connectivity index (χ0v) is 9.85. The van der Waals surface area contributed by atoms with Gasteiger partial charge in [-0.25, -0.2) is 0 Å². The number of halogens is 4. The third-order valence-electron chi connectivity index (χ3n) is 2.33. The van der Waals surface area contributed by atoms with Crippen LogP contribution in [0.15, 0.2) is 41.0 Å². The molecule has 0 aliphatic rings. The molecule has 2 aromatic rings. The molecule has 2 rings (SSSR count). The van der Waals surface area contributed by atoms with E-state index < -0.39 is 11.7 Å². The quantitative estimate of drug-likeness (QED) is 0.888. The summed E-state index contributed by atoms with van der Waals surface area (Å²) in [6.07, 6.45) is -2.87. The van der Waals surface area contributed by atoms with Crippen molar-refractivity contribution in [2.24, 2.45) is 0 Å². The summed E-state index contributed by atoms with van der Waals surface area (Å²) >= 11 is 5.78. The first kappa shape index (κ1) is 12.8. The van der Waals surface area contributed by atoms with Gasteiger partial charge in [-0.2, -0.15) is 13.2 Å². The van der Waals surface area contributed by atoms with E-state index in [-0.39, 0.29) is 5.02 Å². The van der Waals surface area contributed by atoms with Crippen LogP contribution in [-0.4, -0.2) is 0 Å². The number of furan rings is 1. The lowest BCUT2D eigenvalue weighted by Crippen LogP contribution is -2.06. The third kappa shape index (κ3) is 2.98. The van der Waals surface area contributed by atoms with Gasteiger partial charge in [0.15, 0.2) is 0 Å². The van der Waals surface area contributed by atoms with Crippen LogP contribution in [0.1, 0.15) is 11.3 Å². The van der Waals surface area contributed by atoms with Gasteiger partial charge in [0, 0.05) is 0 Å². The van der Waals surface area contributed by atoms with E-state index >= 15 is 0 Å². The lowest BCUT2D eigenvalue weighted by atomic mass is 10.2. The van der Waals surface area contributed by atoms with Gasteiger partial charge in [0.1, 0.15) is 5.76 Å². The van der Waals surface area contributed by atoms with Crippen LogP contribution in [0.5, 0.6) is 0 Å². The molecule has 0 bridgehead atoms. The van der Waals surface area contributed by atoms with Gasteiger partial charge in [-0.05, 0) is 30.3 Å². The van der Waals surface area contributed by atoms with Crippen molar-refractivity contribution < 1.29 is 17.6 Å². The number of alkyl halides is 3. The van der Waals surface area contributed by atoms with Crippen LogP contribution in [0, 0.1) is 0 Å². The Bertz CT molecular complexity index is 523. The molecule has 1 N–H and O–H groups in total. The molecule has 0 spiro atoms. The number of rotatable bonds is 3. The highest BCUT2D eigenvalue weighted by Gasteiger charge is 2.30. The molecule has 0 amide bonds. The summed E-state index contributed by atoms with van der Waals surface area (Å²) in [5.41, 5.74) is -0.336. The first-order valence-corrected chi connectivity index (χ1v) is 5.47. The maximum atomic E-state index is 12.4. The van der Waals surface area contributed by atoms with Crippen molar-refractivity contribution in [1.82, 2.24) is 0 Å². The Morgan fingerprint density at radius 2 is 2.00 bits per heavy atom. The van der Waals surface area contributed by atoms with Gasteiger partial charge in [-0.3, -0.25) is 0 Å². The van der Waals surface area contributed by atoms with E-state index in [4.69, 9.17) is 16.0 Å². The van der Waals surface area contributed by atoms with Crippen molar-refractivity contribution >= 4 is 17.3 Å². The van der Waals surface area contributed by atoms with E-state index in [2.05, 4.69) is 5.32 Å². The summed E-state index contributed by atoms with van der Waals surface area (Å²) < 4.78 is 42.3. The summed E-state index contributed by atoms with van der Waals surface area (Å²) in [7, 11) is 0. The Morgan fingerprint density at radius 3 is 2.56 bits per heavy atom. The largest absolute Gasteiger partial charge is 0.467 e. The minimum atomic E-state index is -4.39. The predicted octanol–water partition coefficient (Wildman–Crippen LogP) is 4.56. The molecule has 1 heterocycles. The highest BCUT2D eigenvalue weighted by Crippen LogP contribution is 2.33. The minimum Gasteiger partial charge on any atom is -0.467 e. The fourth-order valence-electron chi connectivity index (χ4n) is 1.43. The monoisotopic (exact) mass is 275 g/mol. The SMILES string of the molecule is FC(F)(F)c1ccc(NCc2ccco2)c(Cl)c1. The van der Waals surface area contributed by atoms with Crippen LogP contribution in [0.25, 0.3) is 0 Å². The fourth-order valence-corrected chi connectivity index (χ4v) is 1.68. The molecule has 1 aromatic heterocycles. The molecule has 0 saturated heterocycles. The van der Waals surface area contributed by atoms with E-state index in [1.807, 2.05) is 0 Å². The molecule has 0 atom stereocenters. The molecule has 0 aliphatic carbocycles. The summed E-state index contributed by atoms with van der Waals surface area (Å²) in [6.45, 7) is 0.359. The molecule has 18 heavy (non-hydrogen) atoms. The van der Waals surface area contributed by atoms with E-state index in [1.54, 1.807) is 12.1 Å². The molecule has 0 saturated carbocycles. The first-order valence-electron chi connectivity index (χ1n) is 5.10. The van der Waals surface area contributed by atoms with Crippen LogP contribution in [0.4, 0.5) is 18.9 Å².